The number of aromatic nitrogens is 3. The van der Waals surface area contributed by atoms with Gasteiger partial charge >= 0.3 is 0 Å². The molecule has 2 N–H and O–H groups in total. The number of amides is 1. The smallest absolute Gasteiger partial charge is 0.255 e. The Morgan fingerprint density at radius 2 is 1.80 bits per heavy atom. The minimum Gasteiger partial charge on any atom is -0.495 e. The Hall–Kier alpha value is -3.95. The molecular formula is C30H30ClN5O3S. The molecular weight excluding hydrogens is 546 g/mol. The zero-order valence-electron chi connectivity index (χ0n) is 22.5. The summed E-state index contributed by atoms with van der Waals surface area (Å²) < 4.78 is 13.3. The standard InChI is InChI=1S/C30H30ClN5O3S/c1-4-17-39-24-15-9-6-12-21(24)27-26(28(37)33-23-14-8-10-16-25(23)38-3)19(2)32-29-34-30(35-36(27)29)40-18-20-11-5-7-13-22(20)31/h5-16,27H,4,17-18H2,1-3H3,(H,33,37)(H,32,34,35). The minimum absolute atomic E-state index is 0.281. The molecule has 1 amide bonds. The summed E-state index contributed by atoms with van der Waals surface area (Å²) in [6.07, 6.45) is 0.855. The zero-order valence-corrected chi connectivity index (χ0v) is 24.1. The van der Waals surface area contributed by atoms with E-state index in [1.54, 1.807) is 23.9 Å². The first-order chi connectivity index (χ1) is 19.5. The van der Waals surface area contributed by atoms with E-state index in [0.29, 0.717) is 56.9 Å². The molecule has 0 spiro atoms. The number of anilines is 2. The van der Waals surface area contributed by atoms with Crippen LogP contribution in [-0.4, -0.2) is 34.4 Å². The summed E-state index contributed by atoms with van der Waals surface area (Å²) in [7, 11) is 1.57. The number of hydrogen-bond donors (Lipinski definition) is 2. The topological polar surface area (TPSA) is 90.3 Å². The average molecular weight is 576 g/mol. The summed E-state index contributed by atoms with van der Waals surface area (Å²) in [6, 6.07) is 22.2. The minimum atomic E-state index is -0.582. The monoisotopic (exact) mass is 575 g/mol. The Bertz CT molecular complexity index is 1550. The lowest BCUT2D eigenvalue weighted by molar-refractivity contribution is -0.113. The number of ether oxygens (including phenoxy) is 2. The molecule has 3 aromatic carbocycles. The predicted octanol–water partition coefficient (Wildman–Crippen LogP) is 6.95. The van der Waals surface area contributed by atoms with Crippen molar-refractivity contribution in [3.8, 4) is 11.5 Å². The van der Waals surface area contributed by atoms with Gasteiger partial charge in [0.05, 0.1) is 25.0 Å². The van der Waals surface area contributed by atoms with Crippen LogP contribution >= 0.6 is 23.4 Å². The van der Waals surface area contributed by atoms with E-state index >= 15 is 0 Å². The molecule has 10 heteroatoms. The number of allylic oxidation sites excluding steroid dienone is 1. The summed E-state index contributed by atoms with van der Waals surface area (Å²) >= 11 is 7.85. The van der Waals surface area contributed by atoms with Crippen LogP contribution in [0.1, 0.15) is 37.4 Å². The normalized spacial score (nSPS) is 14.3. The molecule has 0 saturated carbocycles. The molecule has 1 atom stereocenters. The molecule has 5 rings (SSSR count). The highest BCUT2D eigenvalue weighted by atomic mass is 35.5. The van der Waals surface area contributed by atoms with Crippen LogP contribution in [0.25, 0.3) is 0 Å². The number of thioether (sulfide) groups is 1. The maximum absolute atomic E-state index is 13.9. The van der Waals surface area contributed by atoms with E-state index in [0.717, 1.165) is 17.5 Å². The zero-order chi connectivity index (χ0) is 28.1. The third kappa shape index (κ3) is 5.80. The molecule has 0 bridgehead atoms. The van der Waals surface area contributed by atoms with Crippen molar-refractivity contribution in [2.75, 3.05) is 24.4 Å². The van der Waals surface area contributed by atoms with Crippen LogP contribution in [0.4, 0.5) is 11.6 Å². The number of para-hydroxylation sites is 3. The lowest BCUT2D eigenvalue weighted by atomic mass is 9.94. The van der Waals surface area contributed by atoms with Crippen LogP contribution in [0.15, 0.2) is 89.2 Å². The molecule has 206 valence electrons. The number of nitrogens with zero attached hydrogens (tertiary/aromatic N) is 3. The van der Waals surface area contributed by atoms with Gasteiger partial charge in [0.2, 0.25) is 11.1 Å². The second-order valence-electron chi connectivity index (χ2n) is 9.15. The van der Waals surface area contributed by atoms with Gasteiger partial charge in [-0.25, -0.2) is 4.68 Å². The number of nitrogens with one attached hydrogen (secondary N) is 2. The van der Waals surface area contributed by atoms with Crippen molar-refractivity contribution in [1.82, 2.24) is 14.8 Å². The van der Waals surface area contributed by atoms with Gasteiger partial charge in [0.15, 0.2) is 0 Å². The molecule has 0 saturated heterocycles. The fourth-order valence-electron chi connectivity index (χ4n) is 4.52. The molecule has 40 heavy (non-hydrogen) atoms. The van der Waals surface area contributed by atoms with Crippen molar-refractivity contribution in [2.24, 2.45) is 0 Å². The Morgan fingerprint density at radius 1 is 1.07 bits per heavy atom. The van der Waals surface area contributed by atoms with Crippen LogP contribution in [0.5, 0.6) is 11.5 Å². The Labute approximate surface area is 242 Å². The van der Waals surface area contributed by atoms with Crippen molar-refractivity contribution >= 4 is 40.9 Å². The predicted molar refractivity (Wildman–Crippen MR) is 159 cm³/mol. The Morgan fingerprint density at radius 3 is 2.58 bits per heavy atom. The van der Waals surface area contributed by atoms with Gasteiger partial charge in [-0.1, -0.05) is 78.8 Å². The quantitative estimate of drug-likeness (QED) is 0.198. The fourth-order valence-corrected chi connectivity index (χ4v) is 5.63. The van der Waals surface area contributed by atoms with Crippen molar-refractivity contribution in [3.05, 3.63) is 100 Å². The van der Waals surface area contributed by atoms with E-state index in [2.05, 4.69) is 17.6 Å². The summed E-state index contributed by atoms with van der Waals surface area (Å²) in [4.78, 5) is 18.7. The highest BCUT2D eigenvalue weighted by molar-refractivity contribution is 7.98. The molecule has 8 nitrogen and oxygen atoms in total. The third-order valence-electron chi connectivity index (χ3n) is 6.42. The van der Waals surface area contributed by atoms with Crippen LogP contribution in [-0.2, 0) is 10.5 Å². The summed E-state index contributed by atoms with van der Waals surface area (Å²) in [5.41, 5.74) is 3.56. The Kier molecular flexibility index (Phi) is 8.62. The lowest BCUT2D eigenvalue weighted by Crippen LogP contribution is -2.32. The highest BCUT2D eigenvalue weighted by Gasteiger charge is 2.36. The first-order valence-electron chi connectivity index (χ1n) is 13.0. The van der Waals surface area contributed by atoms with Crippen LogP contribution in [0.3, 0.4) is 0 Å². The average Bonchev–Trinajstić information content (AvgIpc) is 3.37. The first-order valence-corrected chi connectivity index (χ1v) is 14.3. The number of carbonyl (C=O) groups is 1. The van der Waals surface area contributed by atoms with Gasteiger partial charge < -0.3 is 20.1 Å². The van der Waals surface area contributed by atoms with Crippen molar-refractivity contribution in [3.63, 3.8) is 0 Å². The largest absolute Gasteiger partial charge is 0.495 e. The highest BCUT2D eigenvalue weighted by Crippen LogP contribution is 2.41. The Balaban J connectivity index is 1.54. The number of rotatable bonds is 10. The maximum atomic E-state index is 13.9. The van der Waals surface area contributed by atoms with E-state index in [4.69, 9.17) is 31.2 Å². The summed E-state index contributed by atoms with van der Waals surface area (Å²) in [5, 5.41) is 12.4. The van der Waals surface area contributed by atoms with Gasteiger partial charge in [0.25, 0.3) is 5.91 Å². The van der Waals surface area contributed by atoms with Crippen LogP contribution in [0.2, 0.25) is 5.02 Å². The van der Waals surface area contributed by atoms with E-state index in [1.807, 2.05) is 67.6 Å². The van der Waals surface area contributed by atoms with Gasteiger partial charge in [0, 0.05) is 22.0 Å². The molecule has 0 fully saturated rings. The number of fused-ring (bicyclic) bond motifs is 1. The molecule has 2 heterocycles. The maximum Gasteiger partial charge on any atom is 0.255 e. The second kappa shape index (κ2) is 12.5. The molecule has 4 aromatic rings. The molecule has 1 aliphatic heterocycles. The van der Waals surface area contributed by atoms with Crippen molar-refractivity contribution < 1.29 is 14.3 Å². The van der Waals surface area contributed by atoms with E-state index in [9.17, 15) is 4.79 Å². The third-order valence-corrected chi connectivity index (χ3v) is 7.68. The van der Waals surface area contributed by atoms with Crippen LogP contribution in [0, 0.1) is 0 Å². The number of hydrogen-bond acceptors (Lipinski definition) is 7. The van der Waals surface area contributed by atoms with Gasteiger partial charge in [-0.05, 0) is 43.2 Å². The summed E-state index contributed by atoms with van der Waals surface area (Å²) in [5.74, 6) is 2.14. The molecule has 1 unspecified atom stereocenters. The summed E-state index contributed by atoms with van der Waals surface area (Å²) in [6.45, 7) is 4.48. The molecule has 1 aromatic heterocycles. The van der Waals surface area contributed by atoms with E-state index in [1.165, 1.54) is 11.8 Å². The molecule has 0 aliphatic carbocycles. The number of halogens is 1. The SMILES string of the molecule is CCCOc1ccccc1C1C(C(=O)Nc2ccccc2OC)=C(C)Nc2nc(SCc3ccccc3Cl)nn21. The van der Waals surface area contributed by atoms with Gasteiger partial charge in [-0.3, -0.25) is 4.79 Å². The van der Waals surface area contributed by atoms with Gasteiger partial charge in [0.1, 0.15) is 17.5 Å². The van der Waals surface area contributed by atoms with E-state index < -0.39 is 6.04 Å². The second-order valence-corrected chi connectivity index (χ2v) is 10.5. The van der Waals surface area contributed by atoms with Crippen LogP contribution < -0.4 is 20.1 Å². The van der Waals surface area contributed by atoms with Crippen molar-refractivity contribution in [2.45, 2.75) is 37.2 Å². The number of carbonyl (C=O) groups excluding carboxylic acids is 1. The van der Waals surface area contributed by atoms with Crippen molar-refractivity contribution in [1.29, 1.82) is 0 Å². The number of methoxy groups -OCH3 is 1. The molecule has 0 radical (unpaired) electrons. The molecule has 1 aliphatic rings. The lowest BCUT2D eigenvalue weighted by Gasteiger charge is -2.29. The van der Waals surface area contributed by atoms with E-state index in [-0.39, 0.29) is 5.91 Å². The first kappa shape index (κ1) is 27.6. The van der Waals surface area contributed by atoms with Gasteiger partial charge in [-0.15, -0.1) is 5.10 Å². The van der Waals surface area contributed by atoms with Gasteiger partial charge in [-0.2, -0.15) is 4.98 Å². The number of benzene rings is 3. The fraction of sp³-hybridized carbons (Fsp3) is 0.233.